The zero-order valence-electron chi connectivity index (χ0n) is 13.5. The highest BCUT2D eigenvalue weighted by molar-refractivity contribution is 5.02. The second-order valence-corrected chi connectivity index (χ2v) is 7.07. The second kappa shape index (κ2) is 6.58. The van der Waals surface area contributed by atoms with Gasteiger partial charge in [-0.05, 0) is 32.1 Å². The Balaban J connectivity index is 2.11. The molecule has 2 nitrogen and oxygen atoms in total. The molecule has 2 rings (SSSR count). The molecule has 0 radical (unpaired) electrons. The third-order valence-electron chi connectivity index (χ3n) is 5.93. The molecule has 0 aromatic carbocycles. The van der Waals surface area contributed by atoms with Gasteiger partial charge in [0.05, 0.1) is 0 Å². The van der Waals surface area contributed by atoms with Gasteiger partial charge in [-0.15, -0.1) is 0 Å². The van der Waals surface area contributed by atoms with E-state index in [0.717, 1.165) is 12.0 Å². The zero-order valence-corrected chi connectivity index (χ0v) is 13.5. The third-order valence-corrected chi connectivity index (χ3v) is 5.93. The molecule has 2 fully saturated rings. The Hall–Kier alpha value is -0.0800. The van der Waals surface area contributed by atoms with Crippen molar-refractivity contribution in [3.8, 4) is 0 Å². The van der Waals surface area contributed by atoms with Crippen LogP contribution in [0.4, 0.5) is 0 Å². The molecule has 1 N–H and O–H groups in total. The van der Waals surface area contributed by atoms with E-state index in [-0.39, 0.29) is 0 Å². The normalized spacial score (nSPS) is 31.3. The van der Waals surface area contributed by atoms with Crippen LogP contribution >= 0.6 is 0 Å². The number of nitrogens with one attached hydrogen (secondary N) is 1. The molecule has 3 unspecified atom stereocenters. The number of hydrogen-bond acceptors (Lipinski definition) is 2. The van der Waals surface area contributed by atoms with Crippen LogP contribution in [0, 0.1) is 5.92 Å². The van der Waals surface area contributed by atoms with Gasteiger partial charge in [0, 0.05) is 30.7 Å². The molecule has 3 atom stereocenters. The van der Waals surface area contributed by atoms with E-state index >= 15 is 0 Å². The summed E-state index contributed by atoms with van der Waals surface area (Å²) in [6.07, 6.45) is 9.72. The Kier molecular flexibility index (Phi) is 5.30. The van der Waals surface area contributed by atoms with Crippen molar-refractivity contribution in [1.82, 2.24) is 10.2 Å². The fourth-order valence-corrected chi connectivity index (χ4v) is 4.10. The van der Waals surface area contributed by atoms with Gasteiger partial charge in [0.2, 0.25) is 0 Å². The number of nitrogens with zero attached hydrogens (tertiary/aromatic N) is 1. The molecule has 1 aliphatic carbocycles. The van der Waals surface area contributed by atoms with Gasteiger partial charge in [-0.25, -0.2) is 0 Å². The van der Waals surface area contributed by atoms with Crippen molar-refractivity contribution in [2.75, 3.05) is 13.1 Å². The molecule has 1 spiro atoms. The Morgan fingerprint density at radius 3 is 2.37 bits per heavy atom. The van der Waals surface area contributed by atoms with Crippen LogP contribution in [-0.4, -0.2) is 35.6 Å². The third kappa shape index (κ3) is 3.16. The lowest BCUT2D eigenvalue weighted by atomic mass is 9.76. The van der Waals surface area contributed by atoms with E-state index < -0.39 is 0 Å². The quantitative estimate of drug-likeness (QED) is 0.832. The highest BCUT2D eigenvalue weighted by atomic mass is 15.3. The lowest BCUT2D eigenvalue weighted by Crippen LogP contribution is -2.68. The molecule has 2 aliphatic rings. The fraction of sp³-hybridized carbons (Fsp3) is 1.00. The maximum atomic E-state index is 3.90. The molecule has 2 heteroatoms. The largest absolute Gasteiger partial charge is 0.311 e. The van der Waals surface area contributed by atoms with E-state index in [4.69, 9.17) is 0 Å². The van der Waals surface area contributed by atoms with Gasteiger partial charge in [-0.2, -0.15) is 0 Å². The van der Waals surface area contributed by atoms with Crippen LogP contribution in [0.1, 0.15) is 72.6 Å². The lowest BCUT2D eigenvalue weighted by Gasteiger charge is -2.55. The Morgan fingerprint density at radius 1 is 1.11 bits per heavy atom. The highest BCUT2D eigenvalue weighted by Crippen LogP contribution is 2.38. The van der Waals surface area contributed by atoms with Crippen molar-refractivity contribution in [3.05, 3.63) is 0 Å². The van der Waals surface area contributed by atoms with Gasteiger partial charge in [0.15, 0.2) is 0 Å². The summed E-state index contributed by atoms with van der Waals surface area (Å²) in [6.45, 7) is 12.0. The van der Waals surface area contributed by atoms with Crippen molar-refractivity contribution < 1.29 is 0 Å². The molecule has 19 heavy (non-hydrogen) atoms. The minimum atomic E-state index is 0.484. The van der Waals surface area contributed by atoms with Gasteiger partial charge < -0.3 is 5.32 Å². The van der Waals surface area contributed by atoms with Crippen molar-refractivity contribution in [2.45, 2.75) is 90.3 Å². The monoisotopic (exact) mass is 266 g/mol. The van der Waals surface area contributed by atoms with Crippen LogP contribution < -0.4 is 5.32 Å². The van der Waals surface area contributed by atoms with E-state index in [1.54, 1.807) is 0 Å². The van der Waals surface area contributed by atoms with Gasteiger partial charge in [-0.1, -0.05) is 46.5 Å². The van der Waals surface area contributed by atoms with E-state index in [0.29, 0.717) is 11.6 Å². The fourth-order valence-electron chi connectivity index (χ4n) is 4.10. The van der Waals surface area contributed by atoms with Crippen LogP contribution in [0.15, 0.2) is 0 Å². The zero-order chi connectivity index (χ0) is 13.9. The summed E-state index contributed by atoms with van der Waals surface area (Å²) < 4.78 is 0. The average Bonchev–Trinajstić information content (AvgIpc) is 2.47. The summed E-state index contributed by atoms with van der Waals surface area (Å²) >= 11 is 0. The second-order valence-electron chi connectivity index (χ2n) is 7.07. The Labute approximate surface area is 120 Å². The van der Waals surface area contributed by atoms with Crippen LogP contribution in [0.25, 0.3) is 0 Å². The predicted molar refractivity (Wildman–Crippen MR) is 83.5 cm³/mol. The lowest BCUT2D eigenvalue weighted by molar-refractivity contribution is -0.0268. The molecule has 1 aliphatic heterocycles. The number of piperazine rings is 1. The summed E-state index contributed by atoms with van der Waals surface area (Å²) in [5, 5.41) is 3.90. The van der Waals surface area contributed by atoms with Crippen molar-refractivity contribution in [1.29, 1.82) is 0 Å². The summed E-state index contributed by atoms with van der Waals surface area (Å²) in [4.78, 5) is 2.89. The number of hydrogen-bond donors (Lipinski definition) is 1. The van der Waals surface area contributed by atoms with Crippen molar-refractivity contribution in [3.63, 3.8) is 0 Å². The molecule has 0 amide bonds. The molecule has 1 heterocycles. The summed E-state index contributed by atoms with van der Waals surface area (Å²) in [5.74, 6) is 0.799. The smallest absolute Gasteiger partial charge is 0.0337 e. The van der Waals surface area contributed by atoms with Crippen LogP contribution in [0.3, 0.4) is 0 Å². The van der Waals surface area contributed by atoms with E-state index in [1.807, 2.05) is 0 Å². The van der Waals surface area contributed by atoms with E-state index in [1.165, 1.54) is 58.0 Å². The molecule has 1 saturated carbocycles. The molecular weight excluding hydrogens is 232 g/mol. The van der Waals surface area contributed by atoms with Gasteiger partial charge in [0.25, 0.3) is 0 Å². The molecule has 1 saturated heterocycles. The molecular formula is C17H34N2. The molecule has 112 valence electrons. The Bertz CT molecular complexity index is 270. The summed E-state index contributed by atoms with van der Waals surface area (Å²) in [7, 11) is 0. The van der Waals surface area contributed by atoms with Gasteiger partial charge in [-0.3, -0.25) is 4.90 Å². The number of rotatable bonds is 4. The van der Waals surface area contributed by atoms with Crippen molar-refractivity contribution in [2.24, 2.45) is 5.92 Å². The molecule has 0 aromatic rings. The first-order valence-corrected chi connectivity index (χ1v) is 8.63. The minimum Gasteiger partial charge on any atom is -0.311 e. The van der Waals surface area contributed by atoms with Crippen LogP contribution in [0.5, 0.6) is 0 Å². The highest BCUT2D eigenvalue weighted by Gasteiger charge is 2.44. The first kappa shape index (κ1) is 15.3. The summed E-state index contributed by atoms with van der Waals surface area (Å²) in [5.41, 5.74) is 0.484. The first-order valence-electron chi connectivity index (χ1n) is 8.63. The topological polar surface area (TPSA) is 15.3 Å². The maximum absolute atomic E-state index is 3.90. The van der Waals surface area contributed by atoms with Gasteiger partial charge >= 0.3 is 0 Å². The SMILES string of the molecule is CCC(C)C1CN(C(C)CC)C2(CCCCC2)CN1. The summed E-state index contributed by atoms with van der Waals surface area (Å²) in [6, 6.07) is 1.44. The standard InChI is InChI=1S/C17H34N2/c1-5-14(3)16-12-19(15(4)6-2)17(13-18-16)10-8-7-9-11-17/h14-16,18H,5-13H2,1-4H3. The minimum absolute atomic E-state index is 0.484. The van der Waals surface area contributed by atoms with Crippen LogP contribution in [-0.2, 0) is 0 Å². The van der Waals surface area contributed by atoms with Crippen LogP contribution in [0.2, 0.25) is 0 Å². The predicted octanol–water partition coefficient (Wildman–Crippen LogP) is 3.81. The van der Waals surface area contributed by atoms with Crippen molar-refractivity contribution >= 4 is 0 Å². The first-order chi connectivity index (χ1) is 9.13. The Morgan fingerprint density at radius 2 is 1.79 bits per heavy atom. The molecule has 0 bridgehead atoms. The van der Waals surface area contributed by atoms with Gasteiger partial charge in [0.1, 0.15) is 0 Å². The molecule has 0 aromatic heterocycles. The van der Waals surface area contributed by atoms with E-state index in [2.05, 4.69) is 37.9 Å². The van der Waals surface area contributed by atoms with E-state index in [9.17, 15) is 0 Å². The maximum Gasteiger partial charge on any atom is 0.0337 e. The average molecular weight is 266 g/mol.